The molecule has 1 atom stereocenters. The molecule has 6 heteroatoms. The number of nitrogens with zero attached hydrogens (tertiary/aromatic N) is 1. The van der Waals surface area contributed by atoms with Crippen molar-refractivity contribution in [3.05, 3.63) is 66.6 Å². The average molecular weight is 325 g/mol. The molecule has 0 aliphatic carbocycles. The number of rotatable bonds is 6. The molecule has 0 radical (unpaired) electrons. The lowest BCUT2D eigenvalue weighted by atomic mass is 10.0. The van der Waals surface area contributed by atoms with E-state index < -0.39 is 12.1 Å². The summed E-state index contributed by atoms with van der Waals surface area (Å²) < 4.78 is 16.1. The van der Waals surface area contributed by atoms with Crippen molar-refractivity contribution in [2.75, 3.05) is 7.11 Å². The second-order valence-electron chi connectivity index (χ2n) is 4.94. The highest BCUT2D eigenvalue weighted by molar-refractivity contribution is 5.78. The molecule has 0 bridgehead atoms. The first-order chi connectivity index (χ1) is 11.7. The molecule has 2 aromatic carbocycles. The van der Waals surface area contributed by atoms with Gasteiger partial charge in [-0.15, -0.1) is 0 Å². The van der Waals surface area contributed by atoms with Crippen molar-refractivity contribution in [2.45, 2.75) is 6.10 Å². The van der Waals surface area contributed by atoms with E-state index in [9.17, 15) is 9.90 Å². The molecule has 3 aromatic rings. The number of carboxylic acids is 1. The molecule has 1 N–H and O–H groups in total. The maximum Gasteiger partial charge on any atom is 0.349 e. The van der Waals surface area contributed by atoms with E-state index in [1.54, 1.807) is 55.6 Å². The maximum atomic E-state index is 11.7. The van der Waals surface area contributed by atoms with E-state index in [1.807, 2.05) is 0 Å². The van der Waals surface area contributed by atoms with E-state index in [0.717, 1.165) is 0 Å². The van der Waals surface area contributed by atoms with Gasteiger partial charge < -0.3 is 19.0 Å². The highest BCUT2D eigenvalue weighted by Crippen LogP contribution is 2.31. The molecule has 0 saturated carbocycles. The molecule has 0 fully saturated rings. The van der Waals surface area contributed by atoms with Crippen molar-refractivity contribution in [1.82, 2.24) is 4.98 Å². The lowest BCUT2D eigenvalue weighted by molar-refractivity contribution is -0.145. The normalized spacial score (nSPS) is 11.7. The van der Waals surface area contributed by atoms with Gasteiger partial charge in [-0.25, -0.2) is 9.78 Å². The third kappa shape index (κ3) is 3.22. The Morgan fingerprint density at radius 2 is 1.83 bits per heavy atom. The van der Waals surface area contributed by atoms with Crippen molar-refractivity contribution in [3.63, 3.8) is 0 Å². The smallest absolute Gasteiger partial charge is 0.349 e. The molecule has 0 aliphatic rings. The van der Waals surface area contributed by atoms with E-state index in [1.165, 1.54) is 12.5 Å². The minimum Gasteiger partial charge on any atom is -0.497 e. The molecular weight excluding hydrogens is 310 g/mol. The van der Waals surface area contributed by atoms with Gasteiger partial charge in [-0.05, 0) is 30.3 Å². The molecule has 0 spiro atoms. The quantitative estimate of drug-likeness (QED) is 0.746. The largest absolute Gasteiger partial charge is 0.497 e. The van der Waals surface area contributed by atoms with Gasteiger partial charge in [0.25, 0.3) is 0 Å². The van der Waals surface area contributed by atoms with Gasteiger partial charge in [-0.2, -0.15) is 0 Å². The Kier molecular flexibility index (Phi) is 4.47. The minimum absolute atomic E-state index is 0.343. The molecule has 3 rings (SSSR count). The molecule has 1 heterocycles. The average Bonchev–Trinajstić information content (AvgIpc) is 3.14. The zero-order chi connectivity index (χ0) is 16.9. The summed E-state index contributed by atoms with van der Waals surface area (Å²) in [4.78, 5) is 15.8. The molecule has 0 aliphatic heterocycles. The second-order valence-corrected chi connectivity index (χ2v) is 4.94. The number of oxazole rings is 1. The predicted octanol–water partition coefficient (Wildman–Crippen LogP) is 3.55. The Hall–Kier alpha value is -3.28. The van der Waals surface area contributed by atoms with Crippen LogP contribution in [0.5, 0.6) is 11.5 Å². The number of carbonyl (C=O) groups is 1. The third-order valence-electron chi connectivity index (χ3n) is 3.44. The Balaban J connectivity index is 1.95. The van der Waals surface area contributed by atoms with Crippen LogP contribution in [0.1, 0.15) is 11.7 Å². The predicted molar refractivity (Wildman–Crippen MR) is 85.9 cm³/mol. The maximum absolute atomic E-state index is 11.7. The Morgan fingerprint density at radius 3 is 2.46 bits per heavy atom. The molecule has 1 aromatic heterocycles. The van der Waals surface area contributed by atoms with Gasteiger partial charge in [0.2, 0.25) is 12.0 Å². The van der Waals surface area contributed by atoms with E-state index in [0.29, 0.717) is 28.5 Å². The first kappa shape index (κ1) is 15.6. The molecule has 1 unspecified atom stereocenters. The van der Waals surface area contributed by atoms with Crippen molar-refractivity contribution < 1.29 is 23.8 Å². The summed E-state index contributed by atoms with van der Waals surface area (Å²) in [6, 6.07) is 13.7. The molecular formula is C18H15NO5. The summed E-state index contributed by atoms with van der Waals surface area (Å²) in [6.07, 6.45) is 1.75. The number of hydrogen-bond donors (Lipinski definition) is 1. The zero-order valence-corrected chi connectivity index (χ0v) is 12.9. The van der Waals surface area contributed by atoms with Gasteiger partial charge in [-0.1, -0.05) is 18.2 Å². The summed E-state index contributed by atoms with van der Waals surface area (Å²) in [7, 11) is 1.56. The summed E-state index contributed by atoms with van der Waals surface area (Å²) in [5.41, 5.74) is 1.03. The van der Waals surface area contributed by atoms with Crippen molar-refractivity contribution in [1.29, 1.82) is 0 Å². The fourth-order valence-electron chi connectivity index (χ4n) is 2.31. The van der Waals surface area contributed by atoms with Gasteiger partial charge in [0, 0.05) is 11.1 Å². The van der Waals surface area contributed by atoms with Gasteiger partial charge >= 0.3 is 5.97 Å². The van der Waals surface area contributed by atoms with Crippen LogP contribution < -0.4 is 9.47 Å². The number of aliphatic carboxylic acids is 1. The van der Waals surface area contributed by atoms with Crippen LogP contribution in [-0.2, 0) is 4.79 Å². The highest BCUT2D eigenvalue weighted by Gasteiger charge is 2.26. The van der Waals surface area contributed by atoms with Crippen LogP contribution in [0.4, 0.5) is 0 Å². The van der Waals surface area contributed by atoms with Crippen LogP contribution in [-0.4, -0.2) is 23.2 Å². The van der Waals surface area contributed by atoms with Gasteiger partial charge in [0.15, 0.2) is 0 Å². The first-order valence-electron chi connectivity index (χ1n) is 7.21. The molecule has 6 nitrogen and oxygen atoms in total. The van der Waals surface area contributed by atoms with Crippen LogP contribution in [0, 0.1) is 0 Å². The van der Waals surface area contributed by atoms with E-state index in [-0.39, 0.29) is 0 Å². The van der Waals surface area contributed by atoms with Gasteiger partial charge in [0.05, 0.1) is 13.3 Å². The summed E-state index contributed by atoms with van der Waals surface area (Å²) in [5.74, 6) is 0.319. The topological polar surface area (TPSA) is 81.8 Å². The Bertz CT molecular complexity index is 812. The molecule has 24 heavy (non-hydrogen) atoms. The Morgan fingerprint density at radius 1 is 1.12 bits per heavy atom. The fraction of sp³-hybridized carbons (Fsp3) is 0.111. The van der Waals surface area contributed by atoms with E-state index >= 15 is 0 Å². The number of ether oxygens (including phenoxy) is 2. The van der Waals surface area contributed by atoms with Crippen LogP contribution in [0.25, 0.3) is 11.5 Å². The zero-order valence-electron chi connectivity index (χ0n) is 12.9. The summed E-state index contributed by atoms with van der Waals surface area (Å²) >= 11 is 0. The van der Waals surface area contributed by atoms with Crippen LogP contribution >= 0.6 is 0 Å². The number of hydrogen-bond acceptors (Lipinski definition) is 5. The van der Waals surface area contributed by atoms with Crippen LogP contribution in [0.15, 0.2) is 65.4 Å². The number of carboxylic acid groups (broad SMARTS) is 1. The lowest BCUT2D eigenvalue weighted by Gasteiger charge is -2.17. The van der Waals surface area contributed by atoms with Crippen LogP contribution in [0.2, 0.25) is 0 Å². The molecule has 0 saturated heterocycles. The van der Waals surface area contributed by atoms with E-state index in [4.69, 9.17) is 13.9 Å². The standard InChI is InChI=1S/C18H15NO5/c1-22-12-6-8-13(9-7-12)24-16(18(20)21)14-4-2-3-5-15(14)17-19-10-11-23-17/h2-11,16H,1H3,(H,20,21). The monoisotopic (exact) mass is 325 g/mol. The van der Waals surface area contributed by atoms with Gasteiger partial charge in [-0.3, -0.25) is 0 Å². The first-order valence-corrected chi connectivity index (χ1v) is 7.21. The fourth-order valence-corrected chi connectivity index (χ4v) is 2.31. The number of aromatic nitrogens is 1. The Labute approximate surface area is 138 Å². The summed E-state index contributed by atoms with van der Waals surface area (Å²) in [5, 5.41) is 9.61. The van der Waals surface area contributed by atoms with E-state index in [2.05, 4.69) is 4.98 Å². The minimum atomic E-state index is -1.19. The van der Waals surface area contributed by atoms with Crippen molar-refractivity contribution in [3.8, 4) is 23.0 Å². The second kappa shape index (κ2) is 6.87. The van der Waals surface area contributed by atoms with Crippen molar-refractivity contribution >= 4 is 5.97 Å². The summed E-state index contributed by atoms with van der Waals surface area (Å²) in [6.45, 7) is 0. The molecule has 0 amide bonds. The molecule has 122 valence electrons. The SMILES string of the molecule is COc1ccc(OC(C(=O)O)c2ccccc2-c2ncco2)cc1. The number of methoxy groups -OCH3 is 1. The van der Waals surface area contributed by atoms with Crippen LogP contribution in [0.3, 0.4) is 0 Å². The third-order valence-corrected chi connectivity index (χ3v) is 3.44. The highest BCUT2D eigenvalue weighted by atomic mass is 16.5. The number of benzene rings is 2. The van der Waals surface area contributed by atoms with Gasteiger partial charge in [0.1, 0.15) is 17.8 Å². The van der Waals surface area contributed by atoms with Crippen molar-refractivity contribution in [2.24, 2.45) is 0 Å². The lowest BCUT2D eigenvalue weighted by Crippen LogP contribution is -2.19.